The van der Waals surface area contributed by atoms with Crippen molar-refractivity contribution < 1.29 is 18.0 Å². The van der Waals surface area contributed by atoms with E-state index in [1.807, 2.05) is 52.0 Å². The van der Waals surface area contributed by atoms with Gasteiger partial charge in [-0.3, -0.25) is 13.9 Å². The van der Waals surface area contributed by atoms with E-state index in [-0.39, 0.29) is 23.2 Å². The number of nitrogens with zero attached hydrogens (tertiary/aromatic N) is 2. The number of hydrogen-bond acceptors (Lipinski definition) is 4. The van der Waals surface area contributed by atoms with Crippen molar-refractivity contribution in [2.24, 2.45) is 0 Å². The van der Waals surface area contributed by atoms with Gasteiger partial charge in [0, 0.05) is 17.1 Å². The molecule has 0 unspecified atom stereocenters. The molecule has 0 aliphatic rings. The van der Waals surface area contributed by atoms with Gasteiger partial charge in [0.25, 0.3) is 0 Å². The second-order valence-electron chi connectivity index (χ2n) is 9.29. The van der Waals surface area contributed by atoms with Crippen LogP contribution in [0.1, 0.15) is 38.8 Å². The van der Waals surface area contributed by atoms with Gasteiger partial charge in [0.1, 0.15) is 12.6 Å². The van der Waals surface area contributed by atoms with Crippen LogP contribution in [0.25, 0.3) is 0 Å². The summed E-state index contributed by atoms with van der Waals surface area (Å²) in [4.78, 5) is 27.8. The molecule has 0 heterocycles. The fourth-order valence-corrected chi connectivity index (χ4v) is 4.76. The summed E-state index contributed by atoms with van der Waals surface area (Å²) in [5.74, 6) is -0.890. The maximum absolute atomic E-state index is 13.5. The molecule has 0 radical (unpaired) electrons. The number of carbonyl (C=O) groups excluding carboxylic acids is 2. The number of amides is 2. The summed E-state index contributed by atoms with van der Waals surface area (Å²) >= 11 is 12.2. The summed E-state index contributed by atoms with van der Waals surface area (Å²) in [5, 5.41) is 3.31. The van der Waals surface area contributed by atoms with Gasteiger partial charge in [-0.2, -0.15) is 0 Å². The normalized spacial score (nSPS) is 12.7. The lowest BCUT2D eigenvalue weighted by Gasteiger charge is -2.33. The first-order valence-electron chi connectivity index (χ1n) is 10.7. The minimum atomic E-state index is -3.88. The number of nitrogens with one attached hydrogen (secondary N) is 1. The second kappa shape index (κ2) is 11.0. The minimum Gasteiger partial charge on any atom is -0.350 e. The Labute approximate surface area is 212 Å². The SMILES string of the molecule is Cc1cccc(CN(C(=O)CN(c2ccc(Cl)cc2Cl)S(C)(=O)=O)[C@@H](C)C(=O)NC(C)(C)C)c1. The predicted molar refractivity (Wildman–Crippen MR) is 138 cm³/mol. The Bertz CT molecular complexity index is 1160. The molecule has 1 atom stereocenters. The standard InChI is InChI=1S/C24H31Cl2N3O4S/c1-16-8-7-9-18(12-16)14-28(17(2)23(31)27-24(3,4)5)22(30)15-29(34(6,32)33)21-11-10-19(25)13-20(21)26/h7-13,17H,14-15H2,1-6H3,(H,27,31)/t17-/m0/s1. The van der Waals surface area contributed by atoms with Crippen molar-refractivity contribution in [2.45, 2.75) is 52.7 Å². The van der Waals surface area contributed by atoms with Gasteiger partial charge in [0.15, 0.2) is 0 Å². The van der Waals surface area contributed by atoms with E-state index in [1.165, 1.54) is 23.1 Å². The molecule has 2 amide bonds. The zero-order chi connectivity index (χ0) is 25.8. The number of rotatable bonds is 8. The first-order chi connectivity index (χ1) is 15.6. The summed E-state index contributed by atoms with van der Waals surface area (Å²) in [6.45, 7) is 8.69. The molecular formula is C24H31Cl2N3O4S. The van der Waals surface area contributed by atoms with Gasteiger partial charge >= 0.3 is 0 Å². The second-order valence-corrected chi connectivity index (χ2v) is 12.0. The quantitative estimate of drug-likeness (QED) is 0.551. The van der Waals surface area contributed by atoms with Gasteiger partial charge in [-0.25, -0.2) is 8.42 Å². The van der Waals surface area contributed by atoms with Crippen LogP contribution in [0.5, 0.6) is 0 Å². The molecule has 0 fully saturated rings. The highest BCUT2D eigenvalue weighted by atomic mass is 35.5. The summed E-state index contributed by atoms with van der Waals surface area (Å²) < 4.78 is 26.1. The van der Waals surface area contributed by atoms with Crippen LogP contribution in [0.2, 0.25) is 10.0 Å². The van der Waals surface area contributed by atoms with Crippen molar-refractivity contribution in [1.29, 1.82) is 0 Å². The Morgan fingerprint density at radius 3 is 2.26 bits per heavy atom. The van der Waals surface area contributed by atoms with Crippen LogP contribution in [-0.2, 0) is 26.2 Å². The summed E-state index contributed by atoms with van der Waals surface area (Å²) in [6.07, 6.45) is 0.992. The Balaban J connectivity index is 2.44. The van der Waals surface area contributed by atoms with Crippen LogP contribution < -0.4 is 9.62 Å². The third kappa shape index (κ3) is 7.89. The molecule has 186 valence electrons. The first-order valence-corrected chi connectivity index (χ1v) is 13.3. The van der Waals surface area contributed by atoms with Crippen LogP contribution in [0, 0.1) is 6.92 Å². The molecule has 1 N–H and O–H groups in total. The lowest BCUT2D eigenvalue weighted by molar-refractivity contribution is -0.140. The summed E-state index contributed by atoms with van der Waals surface area (Å²) in [6, 6.07) is 11.1. The van der Waals surface area contributed by atoms with E-state index >= 15 is 0 Å². The number of anilines is 1. The van der Waals surface area contributed by atoms with Crippen molar-refractivity contribution in [1.82, 2.24) is 10.2 Å². The molecule has 0 aromatic heterocycles. The van der Waals surface area contributed by atoms with Gasteiger partial charge < -0.3 is 10.2 Å². The molecule has 0 aliphatic carbocycles. The summed E-state index contributed by atoms with van der Waals surface area (Å²) in [7, 11) is -3.88. The Morgan fingerprint density at radius 1 is 1.09 bits per heavy atom. The van der Waals surface area contributed by atoms with E-state index in [1.54, 1.807) is 6.92 Å². The lowest BCUT2D eigenvalue weighted by atomic mass is 10.1. The van der Waals surface area contributed by atoms with Crippen molar-refractivity contribution in [3.05, 3.63) is 63.6 Å². The molecule has 0 saturated heterocycles. The highest BCUT2D eigenvalue weighted by molar-refractivity contribution is 7.92. The zero-order valence-electron chi connectivity index (χ0n) is 20.2. The van der Waals surface area contributed by atoms with E-state index in [9.17, 15) is 18.0 Å². The van der Waals surface area contributed by atoms with Crippen LogP contribution >= 0.6 is 23.2 Å². The molecule has 10 heteroatoms. The summed E-state index contributed by atoms with van der Waals surface area (Å²) in [5.41, 5.74) is 1.45. The van der Waals surface area contributed by atoms with Gasteiger partial charge in [-0.05, 0) is 58.4 Å². The average molecular weight is 529 g/mol. The topological polar surface area (TPSA) is 86.8 Å². The van der Waals surface area contributed by atoms with Crippen molar-refractivity contribution in [3.63, 3.8) is 0 Å². The number of halogens is 2. The van der Waals surface area contributed by atoms with Gasteiger partial charge in [0.2, 0.25) is 21.8 Å². The molecule has 7 nitrogen and oxygen atoms in total. The van der Waals surface area contributed by atoms with Crippen molar-refractivity contribution >= 4 is 50.7 Å². The number of benzene rings is 2. The smallest absolute Gasteiger partial charge is 0.244 e. The molecule has 34 heavy (non-hydrogen) atoms. The average Bonchev–Trinajstić information content (AvgIpc) is 2.68. The fourth-order valence-electron chi connectivity index (χ4n) is 3.34. The first kappa shape index (κ1) is 28.0. The van der Waals surface area contributed by atoms with E-state index in [4.69, 9.17) is 23.2 Å². The van der Waals surface area contributed by atoms with E-state index in [0.717, 1.165) is 21.7 Å². The Kier molecular flexibility index (Phi) is 9.02. The maximum Gasteiger partial charge on any atom is 0.244 e. The highest BCUT2D eigenvalue weighted by Gasteiger charge is 2.32. The molecule has 0 aliphatic heterocycles. The van der Waals surface area contributed by atoms with Crippen LogP contribution in [0.3, 0.4) is 0 Å². The van der Waals surface area contributed by atoms with Crippen molar-refractivity contribution in [3.8, 4) is 0 Å². The third-order valence-electron chi connectivity index (χ3n) is 4.96. The van der Waals surface area contributed by atoms with Crippen LogP contribution in [-0.4, -0.2) is 49.5 Å². The molecule has 2 aromatic carbocycles. The third-order valence-corrected chi connectivity index (χ3v) is 6.62. The fraction of sp³-hybridized carbons (Fsp3) is 0.417. The Hall–Kier alpha value is -2.29. The van der Waals surface area contributed by atoms with E-state index < -0.39 is 34.1 Å². The number of carbonyl (C=O) groups is 2. The van der Waals surface area contributed by atoms with Crippen LogP contribution in [0.15, 0.2) is 42.5 Å². The highest BCUT2D eigenvalue weighted by Crippen LogP contribution is 2.30. The van der Waals surface area contributed by atoms with Gasteiger partial charge in [0.05, 0.1) is 17.0 Å². The molecular weight excluding hydrogens is 497 g/mol. The Morgan fingerprint density at radius 2 is 1.74 bits per heavy atom. The number of aryl methyl sites for hydroxylation is 1. The largest absolute Gasteiger partial charge is 0.350 e. The van der Waals surface area contributed by atoms with E-state index in [0.29, 0.717) is 5.02 Å². The molecule has 2 rings (SSSR count). The van der Waals surface area contributed by atoms with Gasteiger partial charge in [-0.1, -0.05) is 53.0 Å². The lowest BCUT2D eigenvalue weighted by Crippen LogP contribution is -2.54. The number of sulfonamides is 1. The molecule has 2 aromatic rings. The van der Waals surface area contributed by atoms with E-state index in [2.05, 4.69) is 5.32 Å². The molecule has 0 spiro atoms. The van der Waals surface area contributed by atoms with Gasteiger partial charge in [-0.15, -0.1) is 0 Å². The maximum atomic E-state index is 13.5. The zero-order valence-corrected chi connectivity index (χ0v) is 22.6. The van der Waals surface area contributed by atoms with Crippen molar-refractivity contribution in [2.75, 3.05) is 17.1 Å². The van der Waals surface area contributed by atoms with Crippen LogP contribution in [0.4, 0.5) is 5.69 Å². The monoisotopic (exact) mass is 527 g/mol. The number of hydrogen-bond donors (Lipinski definition) is 1. The molecule has 0 bridgehead atoms. The predicted octanol–water partition coefficient (Wildman–Crippen LogP) is 4.40. The minimum absolute atomic E-state index is 0.0921. The molecule has 0 saturated carbocycles.